The highest BCUT2D eigenvalue weighted by molar-refractivity contribution is 8.32. The van der Waals surface area contributed by atoms with Gasteiger partial charge in [-0.3, -0.25) is 0 Å². The number of aryl methyl sites for hydroxylation is 2. The lowest BCUT2D eigenvalue weighted by Crippen LogP contribution is -2.43. The molecule has 0 unspecified atom stereocenters. The van der Waals surface area contributed by atoms with E-state index in [-0.39, 0.29) is 11.5 Å². The number of nitrogens with one attached hydrogen (secondary N) is 1. The second-order valence-electron chi connectivity index (χ2n) is 7.97. The van der Waals surface area contributed by atoms with Crippen molar-refractivity contribution in [3.8, 4) is 0 Å². The van der Waals surface area contributed by atoms with Crippen molar-refractivity contribution >= 4 is 62.7 Å². The van der Waals surface area contributed by atoms with E-state index in [0.29, 0.717) is 4.91 Å². The molecule has 0 radical (unpaired) electrons. The summed E-state index contributed by atoms with van der Waals surface area (Å²) < 4.78 is 6.13. The number of benzene rings is 2. The number of carbonyl (C=O) groups is 1. The minimum atomic E-state index is -0.368. The molecule has 2 aliphatic rings. The summed E-state index contributed by atoms with van der Waals surface area (Å²) >= 11 is 9.04. The van der Waals surface area contributed by atoms with Gasteiger partial charge in [0.1, 0.15) is 4.91 Å². The number of methoxy groups -OCH3 is 1. The number of hydrogen-bond acceptors (Lipinski definition) is 6. The number of thiocarbonyl (C=S) groups is 1. The van der Waals surface area contributed by atoms with E-state index < -0.39 is 0 Å². The van der Waals surface area contributed by atoms with Gasteiger partial charge in [-0.25, -0.2) is 4.79 Å². The Labute approximate surface area is 191 Å². The molecule has 0 spiro atoms. The fourth-order valence-electron chi connectivity index (χ4n) is 3.75. The lowest BCUT2D eigenvalue weighted by molar-refractivity contribution is -0.135. The molecule has 0 aromatic heterocycles. The Bertz CT molecular complexity index is 1130. The molecule has 0 amide bonds. The zero-order valence-corrected chi connectivity index (χ0v) is 20.0. The van der Waals surface area contributed by atoms with Crippen LogP contribution in [0.3, 0.4) is 0 Å². The summed E-state index contributed by atoms with van der Waals surface area (Å²) in [5, 5.41) is 3.62. The molecule has 0 fully saturated rings. The van der Waals surface area contributed by atoms with E-state index in [1.54, 1.807) is 11.8 Å². The first kappa shape index (κ1) is 21.2. The standard InChI is InChI=1S/C24H23NO2S3/c1-13-11-14(2)18-16(12-13)17(21(28)24(3,4)25-18)23-29-19(15-9-7-6-8-10-15)20(30-23)22(26)27-5/h6-12,25H,1-5H3. The Morgan fingerprint density at radius 1 is 1.10 bits per heavy atom. The second kappa shape index (κ2) is 7.91. The molecule has 0 aliphatic carbocycles. The number of hydrogen-bond donors (Lipinski definition) is 1. The van der Waals surface area contributed by atoms with E-state index >= 15 is 0 Å². The van der Waals surface area contributed by atoms with Gasteiger partial charge in [-0.15, -0.1) is 0 Å². The fourth-order valence-corrected chi connectivity index (χ4v) is 6.86. The zero-order chi connectivity index (χ0) is 21.6. The smallest absolute Gasteiger partial charge is 0.345 e. The highest BCUT2D eigenvalue weighted by atomic mass is 32.2. The molecule has 0 saturated heterocycles. The molecule has 154 valence electrons. The quantitative estimate of drug-likeness (QED) is 0.315. The minimum absolute atomic E-state index is 0.318. The third-order valence-corrected chi connectivity index (χ3v) is 8.53. The van der Waals surface area contributed by atoms with E-state index in [1.165, 1.54) is 30.0 Å². The molecule has 0 atom stereocenters. The summed E-state index contributed by atoms with van der Waals surface area (Å²) in [4.78, 5) is 15.0. The molecule has 1 N–H and O–H groups in total. The molecule has 4 rings (SSSR count). The topological polar surface area (TPSA) is 38.3 Å². The van der Waals surface area contributed by atoms with Crippen LogP contribution in [0, 0.1) is 13.8 Å². The van der Waals surface area contributed by atoms with E-state index in [0.717, 1.165) is 36.4 Å². The van der Waals surface area contributed by atoms with Crippen LogP contribution in [0.2, 0.25) is 0 Å². The molecule has 30 heavy (non-hydrogen) atoms. The number of fused-ring (bicyclic) bond motifs is 1. The van der Waals surface area contributed by atoms with Crippen LogP contribution in [0.5, 0.6) is 0 Å². The van der Waals surface area contributed by atoms with Crippen molar-refractivity contribution in [1.82, 2.24) is 0 Å². The Morgan fingerprint density at radius 3 is 2.47 bits per heavy atom. The molecular weight excluding hydrogens is 430 g/mol. The average molecular weight is 454 g/mol. The first-order chi connectivity index (χ1) is 14.2. The number of ether oxygens (including phenoxy) is 1. The normalized spacial score (nSPS) is 20.1. The van der Waals surface area contributed by atoms with Crippen molar-refractivity contribution in [3.05, 3.63) is 73.9 Å². The molecule has 0 saturated carbocycles. The van der Waals surface area contributed by atoms with Crippen LogP contribution in [0.1, 0.15) is 36.1 Å². The van der Waals surface area contributed by atoms with Crippen molar-refractivity contribution < 1.29 is 9.53 Å². The third kappa shape index (κ3) is 3.61. The summed E-state index contributed by atoms with van der Waals surface area (Å²) in [6.45, 7) is 8.43. The van der Waals surface area contributed by atoms with Gasteiger partial charge in [0.2, 0.25) is 0 Å². The molecule has 6 heteroatoms. The van der Waals surface area contributed by atoms with Gasteiger partial charge < -0.3 is 10.1 Å². The summed E-state index contributed by atoms with van der Waals surface area (Å²) in [6, 6.07) is 14.3. The second-order valence-corrected chi connectivity index (χ2v) is 10.7. The molecule has 0 bridgehead atoms. The predicted octanol–water partition coefficient (Wildman–Crippen LogP) is 6.57. The van der Waals surface area contributed by atoms with Gasteiger partial charge in [0.15, 0.2) is 0 Å². The van der Waals surface area contributed by atoms with Crippen molar-refractivity contribution in [1.29, 1.82) is 0 Å². The predicted molar refractivity (Wildman–Crippen MR) is 134 cm³/mol. The minimum Gasteiger partial charge on any atom is -0.465 e. The van der Waals surface area contributed by atoms with Gasteiger partial charge in [0.25, 0.3) is 0 Å². The van der Waals surface area contributed by atoms with E-state index in [2.05, 4.69) is 45.1 Å². The SMILES string of the molecule is COC(=O)C1=C(c2ccccc2)SC(=C2C(=S)C(C)(C)Nc3c(C)cc(C)cc32)S1. The van der Waals surface area contributed by atoms with Gasteiger partial charge in [-0.05, 0) is 44.9 Å². The number of rotatable bonds is 2. The highest BCUT2D eigenvalue weighted by Gasteiger charge is 2.39. The summed E-state index contributed by atoms with van der Waals surface area (Å²) in [7, 11) is 1.43. The van der Waals surface area contributed by atoms with Crippen LogP contribution in [0.15, 0.2) is 51.6 Å². The monoisotopic (exact) mass is 453 g/mol. The Morgan fingerprint density at radius 2 is 1.80 bits per heavy atom. The maximum Gasteiger partial charge on any atom is 0.345 e. The summed E-state index contributed by atoms with van der Waals surface area (Å²) in [6.07, 6.45) is 0. The summed E-state index contributed by atoms with van der Waals surface area (Å²) in [5.41, 5.74) is 6.26. The van der Waals surface area contributed by atoms with Gasteiger partial charge in [-0.1, -0.05) is 77.7 Å². The lowest BCUT2D eigenvalue weighted by Gasteiger charge is -2.38. The molecular formula is C24H23NO2S3. The van der Waals surface area contributed by atoms with Crippen LogP contribution in [-0.4, -0.2) is 23.5 Å². The van der Waals surface area contributed by atoms with Crippen LogP contribution in [-0.2, 0) is 9.53 Å². The maximum absolute atomic E-state index is 12.6. The van der Waals surface area contributed by atoms with Crippen LogP contribution < -0.4 is 5.32 Å². The lowest BCUT2D eigenvalue weighted by atomic mass is 9.84. The molecule has 2 heterocycles. The van der Waals surface area contributed by atoms with Gasteiger partial charge in [0, 0.05) is 26.6 Å². The van der Waals surface area contributed by atoms with E-state index in [9.17, 15) is 4.79 Å². The van der Waals surface area contributed by atoms with Crippen LogP contribution >= 0.6 is 35.7 Å². The largest absolute Gasteiger partial charge is 0.465 e. The Kier molecular flexibility index (Phi) is 5.60. The number of esters is 1. The third-order valence-electron chi connectivity index (χ3n) is 5.19. The van der Waals surface area contributed by atoms with Gasteiger partial charge in [0.05, 0.1) is 16.9 Å². The highest BCUT2D eigenvalue weighted by Crippen LogP contribution is 2.58. The van der Waals surface area contributed by atoms with E-state index in [4.69, 9.17) is 17.0 Å². The van der Waals surface area contributed by atoms with Gasteiger partial charge in [-0.2, -0.15) is 0 Å². The number of carbonyl (C=O) groups excluding carboxylic acids is 1. The first-order valence-corrected chi connectivity index (χ1v) is 11.7. The maximum atomic E-state index is 12.6. The van der Waals surface area contributed by atoms with E-state index in [1.807, 2.05) is 30.3 Å². The molecule has 2 aromatic carbocycles. The summed E-state index contributed by atoms with van der Waals surface area (Å²) in [5.74, 6) is -0.318. The van der Waals surface area contributed by atoms with Crippen LogP contribution in [0.4, 0.5) is 5.69 Å². The van der Waals surface area contributed by atoms with Crippen LogP contribution in [0.25, 0.3) is 10.5 Å². The number of thioether (sulfide) groups is 2. The first-order valence-electron chi connectivity index (χ1n) is 9.65. The van der Waals surface area contributed by atoms with Gasteiger partial charge >= 0.3 is 5.97 Å². The average Bonchev–Trinajstić information content (AvgIpc) is 3.15. The molecule has 3 nitrogen and oxygen atoms in total. The molecule has 2 aromatic rings. The van der Waals surface area contributed by atoms with Crippen molar-refractivity contribution in [2.45, 2.75) is 33.2 Å². The number of anilines is 1. The van der Waals surface area contributed by atoms with Crippen molar-refractivity contribution in [2.24, 2.45) is 0 Å². The molecule has 2 aliphatic heterocycles. The zero-order valence-electron chi connectivity index (χ0n) is 17.6. The fraction of sp³-hybridized carbons (Fsp3) is 0.250. The Hall–Kier alpha value is -2.02. The van der Waals surface area contributed by atoms with Crippen molar-refractivity contribution in [2.75, 3.05) is 12.4 Å². The Balaban J connectivity index is 1.92. The van der Waals surface area contributed by atoms with Crippen molar-refractivity contribution in [3.63, 3.8) is 0 Å².